The largest absolute Gasteiger partial charge is 0.323 e. The zero-order valence-corrected chi connectivity index (χ0v) is 16.7. The second-order valence-electron chi connectivity index (χ2n) is 6.55. The van der Waals surface area contributed by atoms with Crippen LogP contribution in [0, 0.1) is 0 Å². The minimum atomic E-state index is -0.274. The molecular weight excluding hydrogens is 407 g/mol. The Morgan fingerprint density at radius 3 is 2.41 bits per heavy atom. The van der Waals surface area contributed by atoms with Crippen LogP contribution in [-0.4, -0.2) is 18.4 Å². The van der Waals surface area contributed by atoms with Crippen molar-refractivity contribution in [2.45, 2.75) is 0 Å². The van der Waals surface area contributed by atoms with E-state index in [1.54, 1.807) is 30.3 Å². The van der Waals surface area contributed by atoms with E-state index >= 15 is 0 Å². The predicted octanol–water partition coefficient (Wildman–Crippen LogP) is 5.52. The van der Waals surface area contributed by atoms with E-state index in [0.717, 1.165) is 11.1 Å². The highest BCUT2D eigenvalue weighted by Crippen LogP contribution is 2.33. The number of fused-ring (bicyclic) bond motifs is 1. The van der Waals surface area contributed by atoms with Gasteiger partial charge in [0.2, 0.25) is 5.91 Å². The van der Waals surface area contributed by atoms with Crippen LogP contribution in [-0.2, 0) is 9.59 Å². The van der Waals surface area contributed by atoms with Crippen molar-refractivity contribution in [1.29, 1.82) is 0 Å². The maximum Gasteiger partial charge on any atom is 0.259 e. The molecule has 1 aliphatic rings. The van der Waals surface area contributed by atoms with E-state index in [9.17, 15) is 9.59 Å². The summed E-state index contributed by atoms with van der Waals surface area (Å²) in [5.41, 5.74) is 3.20. The van der Waals surface area contributed by atoms with Crippen LogP contribution < -0.4 is 10.2 Å². The summed E-state index contributed by atoms with van der Waals surface area (Å²) in [6.45, 7) is -0.0542. The Kier molecular flexibility index (Phi) is 5.38. The Morgan fingerprint density at radius 1 is 0.931 bits per heavy atom. The van der Waals surface area contributed by atoms with Crippen molar-refractivity contribution in [3.63, 3.8) is 0 Å². The van der Waals surface area contributed by atoms with Gasteiger partial charge >= 0.3 is 0 Å². The van der Waals surface area contributed by atoms with Crippen molar-refractivity contribution in [1.82, 2.24) is 0 Å². The fourth-order valence-electron chi connectivity index (χ4n) is 3.21. The van der Waals surface area contributed by atoms with Gasteiger partial charge in [-0.3, -0.25) is 14.5 Å². The van der Waals surface area contributed by atoms with Crippen LogP contribution in [0.15, 0.2) is 72.8 Å². The molecule has 6 heteroatoms. The standard InChI is InChI=1S/C23H16Cl2N2O2/c24-18-11-10-15(13-19(18)25)12-17(16-6-2-1-3-7-16)23(29)27-14-22(28)26-20-8-4-5-9-21(20)27/h1-13H,14H2,(H,26,28)/b17-12+. The molecule has 0 saturated heterocycles. The van der Waals surface area contributed by atoms with Crippen molar-refractivity contribution in [2.24, 2.45) is 0 Å². The third kappa shape index (κ3) is 4.04. The lowest BCUT2D eigenvalue weighted by Crippen LogP contribution is -2.42. The van der Waals surface area contributed by atoms with E-state index in [1.807, 2.05) is 48.5 Å². The molecule has 144 valence electrons. The van der Waals surface area contributed by atoms with E-state index in [2.05, 4.69) is 5.32 Å². The van der Waals surface area contributed by atoms with Crippen LogP contribution in [0.5, 0.6) is 0 Å². The Morgan fingerprint density at radius 2 is 1.66 bits per heavy atom. The van der Waals surface area contributed by atoms with Gasteiger partial charge in [-0.25, -0.2) is 0 Å². The molecule has 1 N–H and O–H groups in total. The number of hydrogen-bond donors (Lipinski definition) is 1. The highest BCUT2D eigenvalue weighted by atomic mass is 35.5. The first-order chi connectivity index (χ1) is 14.0. The minimum Gasteiger partial charge on any atom is -0.323 e. The molecule has 29 heavy (non-hydrogen) atoms. The number of anilines is 2. The topological polar surface area (TPSA) is 49.4 Å². The number of amides is 2. The van der Waals surface area contributed by atoms with Crippen molar-refractivity contribution >= 4 is 58.0 Å². The zero-order valence-electron chi connectivity index (χ0n) is 15.2. The number of halogens is 2. The molecule has 0 atom stereocenters. The number of hydrogen-bond acceptors (Lipinski definition) is 2. The average Bonchev–Trinajstić information content (AvgIpc) is 2.74. The predicted molar refractivity (Wildman–Crippen MR) is 118 cm³/mol. The molecule has 0 aliphatic carbocycles. The summed E-state index contributed by atoms with van der Waals surface area (Å²) >= 11 is 12.2. The molecule has 1 heterocycles. The number of rotatable bonds is 3. The minimum absolute atomic E-state index is 0.0542. The smallest absolute Gasteiger partial charge is 0.259 e. The molecule has 4 rings (SSSR count). The summed E-state index contributed by atoms with van der Waals surface area (Å²) in [6.07, 6.45) is 1.76. The summed E-state index contributed by atoms with van der Waals surface area (Å²) < 4.78 is 0. The summed E-state index contributed by atoms with van der Waals surface area (Å²) in [4.78, 5) is 27.3. The van der Waals surface area contributed by atoms with Crippen molar-refractivity contribution in [3.8, 4) is 0 Å². The summed E-state index contributed by atoms with van der Waals surface area (Å²) in [6, 6.07) is 21.8. The molecule has 3 aromatic rings. The maximum atomic E-state index is 13.6. The molecule has 1 aliphatic heterocycles. The lowest BCUT2D eigenvalue weighted by atomic mass is 10.0. The van der Waals surface area contributed by atoms with Gasteiger partial charge in [0.1, 0.15) is 6.54 Å². The van der Waals surface area contributed by atoms with Crippen molar-refractivity contribution in [2.75, 3.05) is 16.8 Å². The number of nitrogens with zero attached hydrogens (tertiary/aromatic N) is 1. The number of nitrogens with one attached hydrogen (secondary N) is 1. The molecule has 0 bridgehead atoms. The van der Waals surface area contributed by atoms with Gasteiger partial charge in [-0.2, -0.15) is 0 Å². The first-order valence-electron chi connectivity index (χ1n) is 8.96. The SMILES string of the molecule is O=C1CN(C(=O)/C(=C/c2ccc(Cl)c(Cl)c2)c2ccccc2)c2ccccc2N1. The molecule has 3 aromatic carbocycles. The fourth-order valence-corrected chi connectivity index (χ4v) is 3.52. The number of carbonyl (C=O) groups is 2. The van der Waals surface area contributed by atoms with Crippen LogP contribution in [0.4, 0.5) is 11.4 Å². The lowest BCUT2D eigenvalue weighted by molar-refractivity contribution is -0.118. The Bertz CT molecular complexity index is 1130. The molecule has 2 amide bonds. The van der Waals surface area contributed by atoms with E-state index < -0.39 is 0 Å². The summed E-state index contributed by atoms with van der Waals surface area (Å²) in [7, 11) is 0. The van der Waals surface area contributed by atoms with Crippen LogP contribution in [0.2, 0.25) is 10.0 Å². The van der Waals surface area contributed by atoms with Gasteiger partial charge in [0.25, 0.3) is 5.91 Å². The summed E-state index contributed by atoms with van der Waals surface area (Å²) in [5, 5.41) is 3.65. The zero-order chi connectivity index (χ0) is 20.4. The molecule has 0 radical (unpaired) electrons. The lowest BCUT2D eigenvalue weighted by Gasteiger charge is -2.30. The summed E-state index contributed by atoms with van der Waals surface area (Å²) in [5.74, 6) is -0.511. The highest BCUT2D eigenvalue weighted by Gasteiger charge is 2.29. The van der Waals surface area contributed by atoms with Crippen molar-refractivity contribution < 1.29 is 9.59 Å². The number of benzene rings is 3. The Hall–Kier alpha value is -3.08. The van der Waals surface area contributed by atoms with Gasteiger partial charge in [0, 0.05) is 5.57 Å². The van der Waals surface area contributed by atoms with Gasteiger partial charge in [0.05, 0.1) is 21.4 Å². The van der Waals surface area contributed by atoms with E-state index in [0.29, 0.717) is 27.0 Å². The fraction of sp³-hybridized carbons (Fsp3) is 0.0435. The second-order valence-corrected chi connectivity index (χ2v) is 7.37. The molecule has 0 aromatic heterocycles. The van der Waals surface area contributed by atoms with Gasteiger partial charge in [-0.05, 0) is 41.5 Å². The van der Waals surface area contributed by atoms with Crippen molar-refractivity contribution in [3.05, 3.63) is 94.0 Å². The maximum absolute atomic E-state index is 13.6. The van der Waals surface area contributed by atoms with Gasteiger partial charge < -0.3 is 5.32 Å². The van der Waals surface area contributed by atoms with Gasteiger partial charge in [-0.15, -0.1) is 0 Å². The molecule has 0 spiro atoms. The average molecular weight is 423 g/mol. The Balaban J connectivity index is 1.82. The number of para-hydroxylation sites is 2. The highest BCUT2D eigenvalue weighted by molar-refractivity contribution is 6.42. The quantitative estimate of drug-likeness (QED) is 0.446. The normalized spacial score (nSPS) is 13.7. The van der Waals surface area contributed by atoms with E-state index in [-0.39, 0.29) is 18.4 Å². The second kappa shape index (κ2) is 8.11. The molecule has 0 fully saturated rings. The van der Waals surface area contributed by atoms with Crippen LogP contribution in [0.3, 0.4) is 0 Å². The first-order valence-corrected chi connectivity index (χ1v) is 9.71. The van der Waals surface area contributed by atoms with Gasteiger partial charge in [-0.1, -0.05) is 71.7 Å². The molecular formula is C23H16Cl2N2O2. The number of carbonyl (C=O) groups excluding carboxylic acids is 2. The van der Waals surface area contributed by atoms with Crippen LogP contribution in [0.25, 0.3) is 11.6 Å². The first kappa shape index (κ1) is 19.2. The third-order valence-electron chi connectivity index (χ3n) is 4.59. The molecule has 0 unspecified atom stereocenters. The van der Waals surface area contributed by atoms with Crippen LogP contribution in [0.1, 0.15) is 11.1 Å². The third-order valence-corrected chi connectivity index (χ3v) is 5.32. The molecule has 0 saturated carbocycles. The Labute approximate surface area is 178 Å². The van der Waals surface area contributed by atoms with E-state index in [1.165, 1.54) is 4.90 Å². The van der Waals surface area contributed by atoms with Gasteiger partial charge in [0.15, 0.2) is 0 Å². The molecule has 4 nitrogen and oxygen atoms in total. The van der Waals surface area contributed by atoms with E-state index in [4.69, 9.17) is 23.2 Å². The monoisotopic (exact) mass is 422 g/mol. The van der Waals surface area contributed by atoms with Crippen LogP contribution >= 0.6 is 23.2 Å².